The Morgan fingerprint density at radius 2 is 2.24 bits per heavy atom. The third kappa shape index (κ3) is 3.20. The van der Waals surface area contributed by atoms with Gasteiger partial charge in [0.1, 0.15) is 18.5 Å². The topological polar surface area (TPSA) is 83.6 Å². The lowest BCUT2D eigenvalue weighted by Gasteiger charge is -2.22. The Balaban J connectivity index is 2.37. The van der Waals surface area contributed by atoms with Crippen LogP contribution in [0.25, 0.3) is 0 Å². The van der Waals surface area contributed by atoms with Gasteiger partial charge in [0.05, 0.1) is 5.56 Å². The van der Waals surface area contributed by atoms with Gasteiger partial charge < -0.3 is 15.7 Å². The summed E-state index contributed by atoms with van der Waals surface area (Å²) in [5.41, 5.74) is 5.68. The normalized spacial score (nSPS) is 17.2. The summed E-state index contributed by atoms with van der Waals surface area (Å²) in [5, 5.41) is 8.73. The molecule has 1 saturated heterocycles. The molecule has 0 aromatic heterocycles. The molecule has 2 amide bonds. The molecule has 1 aliphatic rings. The average molecular weight is 290 g/mol. The van der Waals surface area contributed by atoms with Crippen LogP contribution in [0.5, 0.6) is 0 Å². The number of likely N-dealkylation sites (tertiary alicyclic amines) is 1. The number of aliphatic hydroxyl groups excluding tert-OH is 1. The van der Waals surface area contributed by atoms with Crippen molar-refractivity contribution in [3.63, 3.8) is 0 Å². The van der Waals surface area contributed by atoms with Gasteiger partial charge in [-0.05, 0) is 31.0 Å². The van der Waals surface area contributed by atoms with Crippen LogP contribution in [0, 0.1) is 17.7 Å². The monoisotopic (exact) mass is 290 g/mol. The zero-order valence-electron chi connectivity index (χ0n) is 11.3. The van der Waals surface area contributed by atoms with Crippen molar-refractivity contribution >= 4 is 11.8 Å². The van der Waals surface area contributed by atoms with Crippen molar-refractivity contribution in [1.29, 1.82) is 0 Å². The van der Waals surface area contributed by atoms with Crippen LogP contribution in [0.4, 0.5) is 4.39 Å². The molecule has 1 unspecified atom stereocenters. The summed E-state index contributed by atoms with van der Waals surface area (Å²) < 4.78 is 13.3. The Morgan fingerprint density at radius 1 is 1.48 bits per heavy atom. The molecule has 21 heavy (non-hydrogen) atoms. The smallest absolute Gasteiger partial charge is 0.255 e. The van der Waals surface area contributed by atoms with Crippen LogP contribution in [0.15, 0.2) is 18.2 Å². The molecule has 2 rings (SSSR count). The summed E-state index contributed by atoms with van der Waals surface area (Å²) in [6.07, 6.45) is 1.22. The fraction of sp³-hybridized carbons (Fsp3) is 0.333. The predicted molar refractivity (Wildman–Crippen MR) is 73.6 cm³/mol. The van der Waals surface area contributed by atoms with E-state index in [9.17, 15) is 14.0 Å². The van der Waals surface area contributed by atoms with Gasteiger partial charge in [-0.3, -0.25) is 9.59 Å². The van der Waals surface area contributed by atoms with E-state index in [1.54, 1.807) is 0 Å². The van der Waals surface area contributed by atoms with Crippen LogP contribution >= 0.6 is 0 Å². The first-order valence-electron chi connectivity index (χ1n) is 6.54. The number of aliphatic hydroxyl groups is 1. The number of hydrogen-bond acceptors (Lipinski definition) is 3. The van der Waals surface area contributed by atoms with Crippen LogP contribution < -0.4 is 5.73 Å². The van der Waals surface area contributed by atoms with Crippen molar-refractivity contribution < 1.29 is 19.1 Å². The molecule has 1 aliphatic heterocycles. The van der Waals surface area contributed by atoms with Crippen LogP contribution in [-0.4, -0.2) is 41.0 Å². The van der Waals surface area contributed by atoms with Crippen molar-refractivity contribution in [2.75, 3.05) is 13.2 Å². The number of nitrogens with two attached hydrogens (primary N) is 1. The number of nitrogens with zero attached hydrogens (tertiary/aromatic N) is 1. The molecule has 0 radical (unpaired) electrons. The molecule has 0 spiro atoms. The quantitative estimate of drug-likeness (QED) is 0.766. The van der Waals surface area contributed by atoms with E-state index in [1.807, 2.05) is 0 Å². The number of hydrogen-bond donors (Lipinski definition) is 2. The van der Waals surface area contributed by atoms with E-state index < -0.39 is 30.3 Å². The largest absolute Gasteiger partial charge is 0.384 e. The lowest BCUT2D eigenvalue weighted by molar-refractivity contribution is -0.121. The van der Waals surface area contributed by atoms with Gasteiger partial charge in [0.2, 0.25) is 5.91 Å². The summed E-state index contributed by atoms with van der Waals surface area (Å²) in [5.74, 6) is 3.46. The van der Waals surface area contributed by atoms with Gasteiger partial charge in [0.25, 0.3) is 5.91 Å². The van der Waals surface area contributed by atoms with Crippen LogP contribution in [0.3, 0.4) is 0 Å². The second-order valence-corrected chi connectivity index (χ2v) is 4.71. The van der Waals surface area contributed by atoms with Crippen LogP contribution in [-0.2, 0) is 4.79 Å². The number of carbonyl (C=O) groups is 2. The fourth-order valence-electron chi connectivity index (χ4n) is 2.40. The second-order valence-electron chi connectivity index (χ2n) is 4.71. The van der Waals surface area contributed by atoms with Gasteiger partial charge in [0, 0.05) is 12.1 Å². The molecule has 110 valence electrons. The SMILES string of the molecule is NC(=O)C1CCCN1C(=O)c1ccc(F)cc1C#CCO. The Morgan fingerprint density at radius 3 is 2.90 bits per heavy atom. The molecule has 1 heterocycles. The maximum Gasteiger partial charge on any atom is 0.255 e. The van der Waals surface area contributed by atoms with Crippen molar-refractivity contribution in [1.82, 2.24) is 4.90 Å². The van der Waals surface area contributed by atoms with E-state index >= 15 is 0 Å². The maximum atomic E-state index is 13.3. The number of halogens is 1. The summed E-state index contributed by atoms with van der Waals surface area (Å²) in [6, 6.07) is 2.98. The predicted octanol–water partition coefficient (Wildman–Crippen LogP) is 0.259. The molecular formula is C15H15FN2O3. The first-order chi connectivity index (χ1) is 10.0. The fourth-order valence-corrected chi connectivity index (χ4v) is 2.40. The summed E-state index contributed by atoms with van der Waals surface area (Å²) >= 11 is 0. The molecular weight excluding hydrogens is 275 g/mol. The van der Waals surface area contributed by atoms with E-state index in [2.05, 4.69) is 11.8 Å². The molecule has 6 heteroatoms. The Bertz CT molecular complexity index is 634. The maximum absolute atomic E-state index is 13.3. The van der Waals surface area contributed by atoms with E-state index in [-0.39, 0.29) is 11.1 Å². The molecule has 0 bridgehead atoms. The van der Waals surface area contributed by atoms with Crippen molar-refractivity contribution in [3.8, 4) is 11.8 Å². The molecule has 5 nitrogen and oxygen atoms in total. The highest BCUT2D eigenvalue weighted by molar-refractivity contribution is 5.99. The number of carbonyl (C=O) groups excluding carboxylic acids is 2. The molecule has 1 aromatic rings. The van der Waals surface area contributed by atoms with E-state index in [0.29, 0.717) is 19.4 Å². The lowest BCUT2D eigenvalue weighted by Crippen LogP contribution is -2.43. The highest BCUT2D eigenvalue weighted by atomic mass is 19.1. The minimum absolute atomic E-state index is 0.184. The standard InChI is InChI=1S/C15H15FN2O3/c16-11-5-6-12(10(9-11)3-2-8-19)15(21)18-7-1-4-13(18)14(17)20/h5-6,9,13,19H,1,4,7-8H2,(H2,17,20). The Labute approximate surface area is 121 Å². The van der Waals surface area contributed by atoms with Gasteiger partial charge in [0.15, 0.2) is 0 Å². The first kappa shape index (κ1) is 15.0. The third-order valence-electron chi connectivity index (χ3n) is 3.36. The summed E-state index contributed by atoms with van der Waals surface area (Å²) in [7, 11) is 0. The number of amides is 2. The number of rotatable bonds is 2. The van der Waals surface area contributed by atoms with Gasteiger partial charge in [-0.2, -0.15) is 0 Å². The second kappa shape index (κ2) is 6.37. The van der Waals surface area contributed by atoms with Gasteiger partial charge >= 0.3 is 0 Å². The van der Waals surface area contributed by atoms with Gasteiger partial charge in [-0.1, -0.05) is 11.8 Å². The molecule has 0 aliphatic carbocycles. The molecule has 1 aromatic carbocycles. The molecule has 1 atom stereocenters. The van der Waals surface area contributed by atoms with E-state index in [1.165, 1.54) is 11.0 Å². The molecule has 1 fully saturated rings. The third-order valence-corrected chi connectivity index (χ3v) is 3.36. The van der Waals surface area contributed by atoms with Crippen LogP contribution in [0.1, 0.15) is 28.8 Å². The minimum Gasteiger partial charge on any atom is -0.384 e. The summed E-state index contributed by atoms with van der Waals surface area (Å²) in [4.78, 5) is 25.3. The molecule has 3 N–H and O–H groups in total. The Kier molecular flexibility index (Phi) is 4.55. The van der Waals surface area contributed by atoms with E-state index in [4.69, 9.17) is 10.8 Å². The van der Waals surface area contributed by atoms with Gasteiger partial charge in [-0.25, -0.2) is 4.39 Å². The van der Waals surface area contributed by atoms with E-state index in [0.717, 1.165) is 12.1 Å². The zero-order chi connectivity index (χ0) is 15.4. The number of benzene rings is 1. The lowest BCUT2D eigenvalue weighted by atomic mass is 10.1. The highest BCUT2D eigenvalue weighted by Gasteiger charge is 2.33. The molecule has 0 saturated carbocycles. The van der Waals surface area contributed by atoms with Crippen molar-refractivity contribution in [2.45, 2.75) is 18.9 Å². The zero-order valence-corrected chi connectivity index (χ0v) is 11.3. The first-order valence-corrected chi connectivity index (χ1v) is 6.54. The minimum atomic E-state index is -0.638. The Hall–Kier alpha value is -2.39. The van der Waals surface area contributed by atoms with Crippen molar-refractivity contribution in [2.24, 2.45) is 5.73 Å². The van der Waals surface area contributed by atoms with Crippen LogP contribution in [0.2, 0.25) is 0 Å². The number of primary amides is 1. The van der Waals surface area contributed by atoms with Gasteiger partial charge in [-0.15, -0.1) is 0 Å². The average Bonchev–Trinajstić information content (AvgIpc) is 2.94. The highest BCUT2D eigenvalue weighted by Crippen LogP contribution is 2.21. The summed E-state index contributed by atoms with van der Waals surface area (Å²) in [6.45, 7) is 0.0362. The van der Waals surface area contributed by atoms with Crippen molar-refractivity contribution in [3.05, 3.63) is 35.1 Å².